The molecule has 4 rings (SSSR count). The molecule has 1 heterocycles. The number of anilines is 1. The van der Waals surface area contributed by atoms with Gasteiger partial charge in [0.25, 0.3) is 0 Å². The molecule has 0 radical (unpaired) electrons. The molecule has 0 fully saturated rings. The van der Waals surface area contributed by atoms with E-state index < -0.39 is 23.8 Å². The first-order valence-electron chi connectivity index (χ1n) is 8.75. The summed E-state index contributed by atoms with van der Waals surface area (Å²) in [6.07, 6.45) is 0.0156. The lowest BCUT2D eigenvalue weighted by atomic mass is 9.74. The fourth-order valence-electron chi connectivity index (χ4n) is 4.38. The first kappa shape index (κ1) is 17.6. The first-order chi connectivity index (χ1) is 12.8. The van der Waals surface area contributed by atoms with Gasteiger partial charge >= 0.3 is 12.1 Å². The van der Waals surface area contributed by atoms with Crippen LogP contribution in [0.4, 0.5) is 18.9 Å². The van der Waals surface area contributed by atoms with E-state index in [4.69, 9.17) is 0 Å². The normalized spacial score (nSPS) is 23.5. The number of nitrogens with one attached hydrogen (secondary N) is 1. The molecule has 6 heteroatoms. The van der Waals surface area contributed by atoms with E-state index in [-0.39, 0.29) is 23.0 Å². The minimum Gasteiger partial charge on any atom is -0.478 e. The van der Waals surface area contributed by atoms with E-state index in [1.54, 1.807) is 18.2 Å². The summed E-state index contributed by atoms with van der Waals surface area (Å²) in [4.78, 5) is 11.7. The number of aryl methyl sites for hydroxylation is 1. The summed E-state index contributed by atoms with van der Waals surface area (Å²) in [6.45, 7) is 1.84. The summed E-state index contributed by atoms with van der Waals surface area (Å²) >= 11 is 0. The van der Waals surface area contributed by atoms with E-state index in [0.29, 0.717) is 17.7 Å². The minimum atomic E-state index is -4.45. The maximum atomic E-state index is 13.6. The molecule has 2 aliphatic rings. The van der Waals surface area contributed by atoms with Crippen molar-refractivity contribution in [2.45, 2.75) is 31.5 Å². The van der Waals surface area contributed by atoms with Crippen LogP contribution in [0.1, 0.15) is 51.0 Å². The Morgan fingerprint density at radius 2 is 1.93 bits per heavy atom. The van der Waals surface area contributed by atoms with E-state index in [0.717, 1.165) is 11.6 Å². The average molecular weight is 373 g/mol. The molecule has 140 valence electrons. The molecule has 1 aliphatic heterocycles. The van der Waals surface area contributed by atoms with Gasteiger partial charge in [0, 0.05) is 11.6 Å². The van der Waals surface area contributed by atoms with Gasteiger partial charge in [0.15, 0.2) is 0 Å². The Bertz CT molecular complexity index is 949. The molecule has 0 bridgehead atoms. The highest BCUT2D eigenvalue weighted by Gasteiger charge is 2.43. The SMILES string of the molecule is Cc1ccc(C(=O)O)c2c1N[C@H](c1ccccc1C(F)(F)F)[C@@H]1CC=C[C@@H]21. The van der Waals surface area contributed by atoms with Gasteiger partial charge in [0.2, 0.25) is 0 Å². The summed E-state index contributed by atoms with van der Waals surface area (Å²) in [5.74, 6) is -1.42. The number of hydrogen-bond donors (Lipinski definition) is 2. The van der Waals surface area contributed by atoms with Gasteiger partial charge in [-0.3, -0.25) is 0 Å². The van der Waals surface area contributed by atoms with E-state index in [2.05, 4.69) is 5.32 Å². The average Bonchev–Trinajstić information content (AvgIpc) is 3.10. The Hall–Kier alpha value is -2.76. The third kappa shape index (κ3) is 2.80. The lowest BCUT2D eigenvalue weighted by Gasteiger charge is -2.39. The number of hydrogen-bond acceptors (Lipinski definition) is 2. The summed E-state index contributed by atoms with van der Waals surface area (Å²) in [7, 11) is 0. The molecule has 1 aliphatic carbocycles. The molecule has 3 nitrogen and oxygen atoms in total. The number of halogens is 3. The largest absolute Gasteiger partial charge is 0.478 e. The van der Waals surface area contributed by atoms with Crippen LogP contribution in [0.3, 0.4) is 0 Å². The van der Waals surface area contributed by atoms with Crippen LogP contribution in [0.25, 0.3) is 0 Å². The topological polar surface area (TPSA) is 49.3 Å². The molecule has 0 amide bonds. The Morgan fingerprint density at radius 1 is 1.19 bits per heavy atom. The van der Waals surface area contributed by atoms with Crippen LogP contribution < -0.4 is 5.32 Å². The summed E-state index contributed by atoms with van der Waals surface area (Å²) in [5, 5.41) is 12.8. The zero-order chi connectivity index (χ0) is 19.3. The second kappa shape index (κ2) is 6.15. The third-order valence-electron chi connectivity index (χ3n) is 5.56. The minimum absolute atomic E-state index is 0.166. The van der Waals surface area contributed by atoms with Crippen molar-refractivity contribution in [2.24, 2.45) is 5.92 Å². The molecule has 27 heavy (non-hydrogen) atoms. The fraction of sp³-hybridized carbons (Fsp3) is 0.286. The second-order valence-corrected chi connectivity index (χ2v) is 7.08. The number of allylic oxidation sites excluding steroid dienone is 2. The Kier molecular flexibility index (Phi) is 4.02. The fourth-order valence-corrected chi connectivity index (χ4v) is 4.38. The molecule has 0 aromatic heterocycles. The first-order valence-corrected chi connectivity index (χ1v) is 8.75. The van der Waals surface area contributed by atoms with Gasteiger partial charge < -0.3 is 10.4 Å². The van der Waals surface area contributed by atoms with E-state index in [1.165, 1.54) is 12.1 Å². The number of carbonyl (C=O) groups is 1. The van der Waals surface area contributed by atoms with Gasteiger partial charge in [0.1, 0.15) is 0 Å². The summed E-state index contributed by atoms with van der Waals surface area (Å²) in [5.41, 5.74) is 1.88. The Morgan fingerprint density at radius 3 is 2.63 bits per heavy atom. The number of alkyl halides is 3. The van der Waals surface area contributed by atoms with Gasteiger partial charge in [-0.1, -0.05) is 36.4 Å². The van der Waals surface area contributed by atoms with Gasteiger partial charge in [0.05, 0.1) is 17.2 Å². The molecule has 0 saturated carbocycles. The molecule has 2 aromatic rings. The van der Waals surface area contributed by atoms with E-state index in [1.807, 2.05) is 19.1 Å². The van der Waals surface area contributed by atoms with Crippen molar-refractivity contribution in [1.82, 2.24) is 0 Å². The van der Waals surface area contributed by atoms with Crippen LogP contribution in [-0.2, 0) is 6.18 Å². The Labute approximate surface area is 154 Å². The quantitative estimate of drug-likeness (QED) is 0.680. The third-order valence-corrected chi connectivity index (χ3v) is 5.56. The monoisotopic (exact) mass is 373 g/mol. The van der Waals surface area contributed by atoms with Crippen molar-refractivity contribution in [3.05, 3.63) is 76.4 Å². The highest BCUT2D eigenvalue weighted by atomic mass is 19.4. The number of benzene rings is 2. The van der Waals surface area contributed by atoms with Crippen LogP contribution in [0.5, 0.6) is 0 Å². The maximum absolute atomic E-state index is 13.6. The van der Waals surface area contributed by atoms with Gasteiger partial charge in [-0.15, -0.1) is 0 Å². The zero-order valence-corrected chi connectivity index (χ0v) is 14.5. The highest BCUT2D eigenvalue weighted by Crippen LogP contribution is 2.53. The molecular weight excluding hydrogens is 355 g/mol. The summed E-state index contributed by atoms with van der Waals surface area (Å²) < 4.78 is 40.7. The van der Waals surface area contributed by atoms with Gasteiger partial charge in [-0.25, -0.2) is 4.79 Å². The molecule has 2 aromatic carbocycles. The van der Waals surface area contributed by atoms with E-state index >= 15 is 0 Å². The Balaban J connectivity index is 1.90. The maximum Gasteiger partial charge on any atom is 0.416 e. The lowest BCUT2D eigenvalue weighted by molar-refractivity contribution is -0.138. The number of aromatic carboxylic acids is 1. The molecule has 2 N–H and O–H groups in total. The number of carboxylic acids is 1. The van der Waals surface area contributed by atoms with Gasteiger partial charge in [-0.2, -0.15) is 13.2 Å². The van der Waals surface area contributed by atoms with Gasteiger partial charge in [-0.05, 0) is 48.1 Å². The standard InChI is InChI=1S/C21H18F3NO2/c1-11-9-10-15(20(26)27)17-12-6-4-7-13(12)19(25-18(11)17)14-5-2-3-8-16(14)21(22,23)24/h2-6,8-10,12-13,19,25H,7H2,1H3,(H,26,27)/t12-,13-,19+/m1/s1. The predicted molar refractivity (Wildman–Crippen MR) is 95.9 cm³/mol. The molecule has 3 atom stereocenters. The number of carboxylic acid groups (broad SMARTS) is 1. The highest BCUT2D eigenvalue weighted by molar-refractivity contribution is 5.93. The van der Waals surface area contributed by atoms with Crippen LogP contribution in [-0.4, -0.2) is 11.1 Å². The van der Waals surface area contributed by atoms with Crippen molar-refractivity contribution in [3.8, 4) is 0 Å². The van der Waals surface area contributed by atoms with Crippen molar-refractivity contribution in [1.29, 1.82) is 0 Å². The number of rotatable bonds is 2. The lowest BCUT2D eigenvalue weighted by Crippen LogP contribution is -2.32. The van der Waals surface area contributed by atoms with E-state index in [9.17, 15) is 23.1 Å². The smallest absolute Gasteiger partial charge is 0.416 e. The summed E-state index contributed by atoms with van der Waals surface area (Å²) in [6, 6.07) is 8.34. The predicted octanol–water partition coefficient (Wildman–Crippen LogP) is 5.54. The molecule has 0 spiro atoms. The second-order valence-electron chi connectivity index (χ2n) is 7.08. The van der Waals surface area contributed by atoms with Crippen LogP contribution in [0.15, 0.2) is 48.6 Å². The molecule has 0 saturated heterocycles. The molecule has 0 unspecified atom stereocenters. The van der Waals surface area contributed by atoms with Crippen molar-refractivity contribution in [2.75, 3.05) is 5.32 Å². The van der Waals surface area contributed by atoms with Crippen molar-refractivity contribution in [3.63, 3.8) is 0 Å². The van der Waals surface area contributed by atoms with Crippen LogP contribution in [0.2, 0.25) is 0 Å². The van der Waals surface area contributed by atoms with Crippen LogP contribution >= 0.6 is 0 Å². The van der Waals surface area contributed by atoms with Crippen molar-refractivity contribution < 1.29 is 23.1 Å². The zero-order valence-electron chi connectivity index (χ0n) is 14.5. The van der Waals surface area contributed by atoms with Crippen LogP contribution in [0, 0.1) is 12.8 Å². The molecular formula is C21H18F3NO2. The number of fused-ring (bicyclic) bond motifs is 3. The van der Waals surface area contributed by atoms with Crippen molar-refractivity contribution >= 4 is 11.7 Å².